The van der Waals surface area contributed by atoms with Gasteiger partial charge in [-0.2, -0.15) is 18.2 Å². The standard InChI is InChI=1S/C11H7BrF3N3O2/c1-5(8(19)11(13,14)15)10-17-9(18-20-10)7-6(12)3-2-4-16-7/h2-5H,1H3. The summed E-state index contributed by atoms with van der Waals surface area (Å²) in [7, 11) is 0. The second-order valence-electron chi connectivity index (χ2n) is 3.87. The number of ketones is 1. The van der Waals surface area contributed by atoms with E-state index >= 15 is 0 Å². The fraction of sp³-hybridized carbons (Fsp3) is 0.273. The molecule has 2 aromatic heterocycles. The largest absolute Gasteiger partial charge is 0.450 e. The molecule has 0 saturated carbocycles. The number of pyridine rings is 1. The maximum Gasteiger partial charge on any atom is 0.450 e. The SMILES string of the molecule is CC(C(=O)C(F)(F)F)c1nc(-c2ncccc2Br)no1. The number of rotatable bonds is 3. The van der Waals surface area contributed by atoms with Crippen LogP contribution in [-0.2, 0) is 4.79 Å². The lowest BCUT2D eigenvalue weighted by Gasteiger charge is -2.08. The molecule has 0 saturated heterocycles. The summed E-state index contributed by atoms with van der Waals surface area (Å²) in [4.78, 5) is 18.9. The minimum atomic E-state index is -4.94. The van der Waals surface area contributed by atoms with Crippen molar-refractivity contribution in [3.8, 4) is 11.5 Å². The van der Waals surface area contributed by atoms with Gasteiger partial charge in [-0.25, -0.2) is 0 Å². The number of hydrogen-bond acceptors (Lipinski definition) is 5. The number of halogens is 4. The third kappa shape index (κ3) is 2.87. The van der Waals surface area contributed by atoms with Crippen molar-refractivity contribution >= 4 is 21.7 Å². The molecular weight excluding hydrogens is 343 g/mol. The van der Waals surface area contributed by atoms with Crippen molar-refractivity contribution < 1.29 is 22.5 Å². The molecule has 0 N–H and O–H groups in total. The van der Waals surface area contributed by atoms with Crippen LogP contribution in [0.4, 0.5) is 13.2 Å². The normalized spacial score (nSPS) is 13.2. The van der Waals surface area contributed by atoms with E-state index in [4.69, 9.17) is 4.52 Å². The Morgan fingerprint density at radius 2 is 2.15 bits per heavy atom. The quantitative estimate of drug-likeness (QED) is 0.851. The Balaban J connectivity index is 2.30. The lowest BCUT2D eigenvalue weighted by atomic mass is 10.1. The first kappa shape index (κ1) is 14.6. The number of carbonyl (C=O) groups excluding carboxylic acids is 1. The van der Waals surface area contributed by atoms with E-state index in [1.54, 1.807) is 12.1 Å². The average molecular weight is 350 g/mol. The monoisotopic (exact) mass is 349 g/mol. The summed E-state index contributed by atoms with van der Waals surface area (Å²) in [5, 5.41) is 3.53. The van der Waals surface area contributed by atoms with Crippen molar-refractivity contribution in [2.24, 2.45) is 0 Å². The molecule has 0 amide bonds. The van der Waals surface area contributed by atoms with E-state index in [2.05, 4.69) is 31.1 Å². The van der Waals surface area contributed by atoms with Crippen LogP contribution in [0.3, 0.4) is 0 Å². The predicted molar refractivity (Wildman–Crippen MR) is 64.7 cm³/mol. The molecule has 20 heavy (non-hydrogen) atoms. The van der Waals surface area contributed by atoms with Crippen LogP contribution in [0.1, 0.15) is 18.7 Å². The predicted octanol–water partition coefficient (Wildman–Crippen LogP) is 3.13. The number of alkyl halides is 3. The second kappa shape index (κ2) is 5.31. The number of nitrogens with zero attached hydrogens (tertiary/aromatic N) is 3. The number of aromatic nitrogens is 3. The molecule has 2 aromatic rings. The smallest absolute Gasteiger partial charge is 0.338 e. The van der Waals surface area contributed by atoms with E-state index in [1.807, 2.05) is 0 Å². The van der Waals surface area contributed by atoms with Gasteiger partial charge in [0, 0.05) is 10.7 Å². The second-order valence-corrected chi connectivity index (χ2v) is 4.73. The summed E-state index contributed by atoms with van der Waals surface area (Å²) >= 11 is 3.21. The van der Waals surface area contributed by atoms with Gasteiger partial charge < -0.3 is 4.52 Å². The molecule has 2 rings (SSSR count). The molecule has 0 radical (unpaired) electrons. The van der Waals surface area contributed by atoms with Crippen LogP contribution in [0, 0.1) is 0 Å². The van der Waals surface area contributed by atoms with Gasteiger partial charge in [0.15, 0.2) is 0 Å². The van der Waals surface area contributed by atoms with E-state index in [0.29, 0.717) is 10.2 Å². The van der Waals surface area contributed by atoms with Gasteiger partial charge in [-0.1, -0.05) is 5.16 Å². The number of Topliss-reactive ketones (excluding diaryl/α,β-unsaturated/α-hetero) is 1. The summed E-state index contributed by atoms with van der Waals surface area (Å²) in [6.45, 7) is 1.06. The molecule has 1 atom stereocenters. The van der Waals surface area contributed by atoms with Crippen molar-refractivity contribution in [3.05, 3.63) is 28.7 Å². The Morgan fingerprint density at radius 3 is 2.75 bits per heavy atom. The Bertz CT molecular complexity index is 642. The zero-order valence-corrected chi connectivity index (χ0v) is 11.6. The van der Waals surface area contributed by atoms with Gasteiger partial charge in [0.25, 0.3) is 0 Å². The van der Waals surface area contributed by atoms with E-state index in [9.17, 15) is 18.0 Å². The lowest BCUT2D eigenvalue weighted by Crippen LogP contribution is -2.27. The zero-order valence-electron chi connectivity index (χ0n) is 9.98. The van der Waals surface area contributed by atoms with E-state index in [-0.39, 0.29) is 5.82 Å². The van der Waals surface area contributed by atoms with Crippen LogP contribution >= 0.6 is 15.9 Å². The first-order chi connectivity index (χ1) is 9.30. The highest BCUT2D eigenvalue weighted by atomic mass is 79.9. The average Bonchev–Trinajstić information content (AvgIpc) is 2.86. The van der Waals surface area contributed by atoms with Crippen molar-refractivity contribution in [2.45, 2.75) is 19.0 Å². The molecule has 1 unspecified atom stereocenters. The Labute approximate surface area is 119 Å². The maximum atomic E-state index is 12.3. The molecule has 2 heterocycles. The van der Waals surface area contributed by atoms with Gasteiger partial charge in [-0.15, -0.1) is 0 Å². The Morgan fingerprint density at radius 1 is 1.45 bits per heavy atom. The molecular formula is C11H7BrF3N3O2. The molecule has 106 valence electrons. The van der Waals surface area contributed by atoms with Crippen molar-refractivity contribution in [1.82, 2.24) is 15.1 Å². The van der Waals surface area contributed by atoms with Gasteiger partial charge in [-0.05, 0) is 35.0 Å². The summed E-state index contributed by atoms with van der Waals surface area (Å²) in [6.07, 6.45) is -3.47. The molecule has 0 aliphatic rings. The van der Waals surface area contributed by atoms with Crippen LogP contribution in [0.15, 0.2) is 27.3 Å². The minimum Gasteiger partial charge on any atom is -0.338 e. The summed E-state index contributed by atoms with van der Waals surface area (Å²) in [6, 6.07) is 3.33. The molecule has 0 fully saturated rings. The summed E-state index contributed by atoms with van der Waals surface area (Å²) in [5.41, 5.74) is 0.314. The van der Waals surface area contributed by atoms with Crippen LogP contribution in [0.5, 0.6) is 0 Å². The highest BCUT2D eigenvalue weighted by molar-refractivity contribution is 9.10. The van der Waals surface area contributed by atoms with Crippen LogP contribution in [0.2, 0.25) is 0 Å². The Kier molecular flexibility index (Phi) is 3.89. The molecule has 0 aliphatic heterocycles. The molecule has 5 nitrogen and oxygen atoms in total. The van der Waals surface area contributed by atoms with Gasteiger partial charge in [0.05, 0.1) is 0 Å². The molecule has 0 aliphatic carbocycles. The maximum absolute atomic E-state index is 12.3. The number of carbonyl (C=O) groups is 1. The first-order valence-corrected chi connectivity index (χ1v) is 6.15. The molecule has 9 heteroatoms. The van der Waals surface area contributed by atoms with Crippen molar-refractivity contribution in [3.63, 3.8) is 0 Å². The van der Waals surface area contributed by atoms with Crippen LogP contribution in [-0.4, -0.2) is 27.1 Å². The molecule has 0 aromatic carbocycles. The van der Waals surface area contributed by atoms with Gasteiger partial charge in [-0.3, -0.25) is 9.78 Å². The van der Waals surface area contributed by atoms with Crippen LogP contribution in [0.25, 0.3) is 11.5 Å². The van der Waals surface area contributed by atoms with Crippen molar-refractivity contribution in [1.29, 1.82) is 0 Å². The Hall–Kier alpha value is -1.77. The molecule has 0 bridgehead atoms. The third-order valence-electron chi connectivity index (χ3n) is 2.46. The topological polar surface area (TPSA) is 68.9 Å². The van der Waals surface area contributed by atoms with E-state index < -0.39 is 23.8 Å². The van der Waals surface area contributed by atoms with Gasteiger partial charge in [0.1, 0.15) is 11.6 Å². The summed E-state index contributed by atoms with van der Waals surface area (Å²) < 4.78 is 42.2. The minimum absolute atomic E-state index is 0.00861. The summed E-state index contributed by atoms with van der Waals surface area (Å²) in [5.74, 6) is -3.89. The van der Waals surface area contributed by atoms with Crippen molar-refractivity contribution in [2.75, 3.05) is 0 Å². The highest BCUT2D eigenvalue weighted by Gasteiger charge is 2.44. The number of hydrogen-bond donors (Lipinski definition) is 0. The first-order valence-electron chi connectivity index (χ1n) is 5.36. The lowest BCUT2D eigenvalue weighted by molar-refractivity contribution is -0.172. The molecule has 0 spiro atoms. The third-order valence-corrected chi connectivity index (χ3v) is 3.10. The fourth-order valence-corrected chi connectivity index (χ4v) is 1.85. The van der Waals surface area contributed by atoms with Gasteiger partial charge in [0.2, 0.25) is 17.5 Å². The van der Waals surface area contributed by atoms with Crippen LogP contribution < -0.4 is 0 Å². The van der Waals surface area contributed by atoms with Gasteiger partial charge >= 0.3 is 6.18 Å². The zero-order chi connectivity index (χ0) is 14.9. The van der Waals surface area contributed by atoms with E-state index in [0.717, 1.165) is 6.92 Å². The highest BCUT2D eigenvalue weighted by Crippen LogP contribution is 2.28. The fourth-order valence-electron chi connectivity index (χ4n) is 1.42. The van der Waals surface area contributed by atoms with E-state index in [1.165, 1.54) is 6.20 Å².